The van der Waals surface area contributed by atoms with Gasteiger partial charge in [0.25, 0.3) is 0 Å². The minimum atomic E-state index is 0.795. The fourth-order valence-electron chi connectivity index (χ4n) is 1.64. The van der Waals surface area contributed by atoms with Crippen molar-refractivity contribution in [1.82, 2.24) is 19.4 Å². The molecule has 0 amide bonds. The predicted octanol–water partition coefficient (Wildman–Crippen LogP) is 2.10. The first-order valence-corrected chi connectivity index (χ1v) is 5.05. The first kappa shape index (κ1) is 9.03. The van der Waals surface area contributed by atoms with E-state index >= 15 is 0 Å². The summed E-state index contributed by atoms with van der Waals surface area (Å²) in [6, 6.07) is 4.09. The van der Waals surface area contributed by atoms with E-state index in [0.29, 0.717) is 0 Å². The number of hydrogen-bond donors (Lipinski definition) is 0. The number of aryl methyl sites for hydroxylation is 1. The molecule has 16 heavy (non-hydrogen) atoms. The topological polar surface area (TPSA) is 43.1 Å². The third kappa shape index (κ3) is 1.44. The van der Waals surface area contributed by atoms with Gasteiger partial charge in [-0.1, -0.05) is 0 Å². The van der Waals surface area contributed by atoms with Crippen molar-refractivity contribution in [2.75, 3.05) is 0 Å². The number of fused-ring (bicyclic) bond motifs is 1. The van der Waals surface area contributed by atoms with Gasteiger partial charge >= 0.3 is 0 Å². The van der Waals surface area contributed by atoms with Crippen molar-refractivity contribution in [3.8, 4) is 11.4 Å². The summed E-state index contributed by atoms with van der Waals surface area (Å²) in [6.07, 6.45) is 9.00. The molecule has 0 fully saturated rings. The highest BCUT2D eigenvalue weighted by molar-refractivity contribution is 5.58. The van der Waals surface area contributed by atoms with Gasteiger partial charge in [0.1, 0.15) is 17.0 Å². The van der Waals surface area contributed by atoms with Crippen LogP contribution in [0.25, 0.3) is 17.0 Å². The van der Waals surface area contributed by atoms with E-state index < -0.39 is 0 Å². The molecule has 3 rings (SSSR count). The van der Waals surface area contributed by atoms with Crippen molar-refractivity contribution in [3.63, 3.8) is 0 Å². The lowest BCUT2D eigenvalue weighted by atomic mass is 10.3. The molecule has 0 spiro atoms. The summed E-state index contributed by atoms with van der Waals surface area (Å²) >= 11 is 0. The molecule has 0 atom stereocenters. The Bertz CT molecular complexity index is 628. The van der Waals surface area contributed by atoms with Crippen molar-refractivity contribution < 1.29 is 0 Å². The van der Waals surface area contributed by atoms with Crippen molar-refractivity contribution in [2.45, 2.75) is 6.92 Å². The van der Waals surface area contributed by atoms with Crippen LogP contribution in [0.3, 0.4) is 0 Å². The normalized spacial score (nSPS) is 10.8. The van der Waals surface area contributed by atoms with Gasteiger partial charge in [-0.15, -0.1) is 0 Å². The zero-order valence-electron chi connectivity index (χ0n) is 8.83. The largest absolute Gasteiger partial charge is 0.306 e. The van der Waals surface area contributed by atoms with Crippen LogP contribution in [-0.4, -0.2) is 19.4 Å². The zero-order valence-corrected chi connectivity index (χ0v) is 8.83. The zero-order chi connectivity index (χ0) is 11.0. The van der Waals surface area contributed by atoms with Gasteiger partial charge in [0.05, 0.1) is 6.20 Å². The Kier molecular flexibility index (Phi) is 1.93. The molecule has 3 heterocycles. The van der Waals surface area contributed by atoms with Crippen LogP contribution < -0.4 is 0 Å². The highest BCUT2D eigenvalue weighted by Gasteiger charge is 2.04. The molecule has 0 aromatic carbocycles. The van der Waals surface area contributed by atoms with E-state index in [0.717, 1.165) is 17.0 Å². The van der Waals surface area contributed by atoms with Gasteiger partial charge in [0, 0.05) is 24.8 Å². The Balaban J connectivity index is 2.19. The van der Waals surface area contributed by atoms with Gasteiger partial charge in [-0.25, -0.2) is 4.98 Å². The summed E-state index contributed by atoms with van der Waals surface area (Å²) in [4.78, 5) is 12.8. The molecule has 0 aliphatic carbocycles. The second-order valence-electron chi connectivity index (χ2n) is 3.69. The molecule has 0 saturated heterocycles. The minimum absolute atomic E-state index is 0.795. The molecule has 0 saturated carbocycles. The predicted molar refractivity (Wildman–Crippen MR) is 61.0 cm³/mol. The first-order valence-electron chi connectivity index (χ1n) is 5.05. The lowest BCUT2D eigenvalue weighted by Crippen LogP contribution is -1.83. The quantitative estimate of drug-likeness (QED) is 0.617. The molecule has 0 bridgehead atoms. The average molecular weight is 210 g/mol. The molecular weight excluding hydrogens is 200 g/mol. The van der Waals surface area contributed by atoms with Crippen molar-refractivity contribution in [1.29, 1.82) is 0 Å². The lowest BCUT2D eigenvalue weighted by molar-refractivity contribution is 1.17. The Labute approximate surface area is 92.6 Å². The summed E-state index contributed by atoms with van der Waals surface area (Å²) in [6.45, 7) is 2.05. The minimum Gasteiger partial charge on any atom is -0.306 e. The van der Waals surface area contributed by atoms with Gasteiger partial charge in [0.15, 0.2) is 0 Å². The smallest absolute Gasteiger partial charge is 0.137 e. The third-order valence-corrected chi connectivity index (χ3v) is 2.44. The monoisotopic (exact) mass is 210 g/mol. The summed E-state index contributed by atoms with van der Waals surface area (Å²) in [5.41, 5.74) is 3.77. The van der Waals surface area contributed by atoms with Gasteiger partial charge in [-0.3, -0.25) is 9.97 Å². The Morgan fingerprint density at radius 1 is 1.19 bits per heavy atom. The fourth-order valence-corrected chi connectivity index (χ4v) is 1.64. The number of nitrogens with zero attached hydrogens (tertiary/aromatic N) is 4. The molecule has 3 aromatic heterocycles. The van der Waals surface area contributed by atoms with Crippen LogP contribution in [0.1, 0.15) is 5.56 Å². The van der Waals surface area contributed by atoms with Gasteiger partial charge in [-0.05, 0) is 24.6 Å². The van der Waals surface area contributed by atoms with E-state index in [1.54, 1.807) is 18.6 Å². The molecular formula is C12H10N4. The summed E-state index contributed by atoms with van der Waals surface area (Å²) in [7, 11) is 0. The second kappa shape index (κ2) is 3.41. The number of rotatable bonds is 1. The van der Waals surface area contributed by atoms with Gasteiger partial charge in [-0.2, -0.15) is 0 Å². The maximum Gasteiger partial charge on any atom is 0.137 e. The highest BCUT2D eigenvalue weighted by atomic mass is 15.0. The molecule has 0 aliphatic heterocycles. The summed E-state index contributed by atoms with van der Waals surface area (Å²) in [5.74, 6) is 0. The van der Waals surface area contributed by atoms with Crippen LogP contribution in [0.4, 0.5) is 0 Å². The molecule has 78 valence electrons. The van der Waals surface area contributed by atoms with Crippen LogP contribution in [-0.2, 0) is 0 Å². The van der Waals surface area contributed by atoms with Crippen LogP contribution in [0.15, 0.2) is 43.1 Å². The van der Waals surface area contributed by atoms with Crippen molar-refractivity contribution in [2.24, 2.45) is 0 Å². The van der Waals surface area contributed by atoms with Crippen LogP contribution in [0.5, 0.6) is 0 Å². The number of imidazole rings is 1. The Hall–Kier alpha value is -2.23. The van der Waals surface area contributed by atoms with Crippen LogP contribution >= 0.6 is 0 Å². The number of aromatic nitrogens is 4. The maximum atomic E-state index is 4.50. The van der Waals surface area contributed by atoms with Gasteiger partial charge in [0.2, 0.25) is 0 Å². The highest BCUT2D eigenvalue weighted by Crippen LogP contribution is 2.16. The first-order chi connectivity index (χ1) is 7.83. The SMILES string of the molecule is Cc1ccn2cc(-c3cnccn3)nc2c1. The van der Waals surface area contributed by atoms with Crippen molar-refractivity contribution >= 4 is 5.65 Å². The van der Waals surface area contributed by atoms with Crippen LogP contribution in [0.2, 0.25) is 0 Å². The number of pyridine rings is 1. The Morgan fingerprint density at radius 3 is 2.94 bits per heavy atom. The van der Waals surface area contributed by atoms with E-state index in [4.69, 9.17) is 0 Å². The van der Waals surface area contributed by atoms with E-state index in [-0.39, 0.29) is 0 Å². The fraction of sp³-hybridized carbons (Fsp3) is 0.0833. The molecule has 0 unspecified atom stereocenters. The summed E-state index contributed by atoms with van der Waals surface area (Å²) in [5, 5.41) is 0. The van der Waals surface area contributed by atoms with E-state index in [2.05, 4.69) is 27.9 Å². The molecule has 0 radical (unpaired) electrons. The Morgan fingerprint density at radius 2 is 2.12 bits per heavy atom. The standard InChI is InChI=1S/C12H10N4/c1-9-2-5-16-8-11(15-12(16)6-9)10-7-13-3-4-14-10/h2-8H,1H3. The van der Waals surface area contributed by atoms with E-state index in [1.807, 2.05) is 22.9 Å². The lowest BCUT2D eigenvalue weighted by Gasteiger charge is -1.92. The maximum absolute atomic E-state index is 4.50. The number of hydrogen-bond acceptors (Lipinski definition) is 3. The van der Waals surface area contributed by atoms with E-state index in [1.165, 1.54) is 5.56 Å². The van der Waals surface area contributed by atoms with Crippen LogP contribution in [0, 0.1) is 6.92 Å². The van der Waals surface area contributed by atoms with E-state index in [9.17, 15) is 0 Å². The van der Waals surface area contributed by atoms with Gasteiger partial charge < -0.3 is 4.40 Å². The molecule has 3 aromatic rings. The third-order valence-electron chi connectivity index (χ3n) is 2.44. The molecule has 4 heteroatoms. The second-order valence-corrected chi connectivity index (χ2v) is 3.69. The molecule has 4 nitrogen and oxygen atoms in total. The van der Waals surface area contributed by atoms with Crippen molar-refractivity contribution in [3.05, 3.63) is 48.7 Å². The average Bonchev–Trinajstić information content (AvgIpc) is 2.73. The summed E-state index contributed by atoms with van der Waals surface area (Å²) < 4.78 is 1.98. The molecule has 0 aliphatic rings. The molecule has 0 N–H and O–H groups in total.